The van der Waals surface area contributed by atoms with Crippen molar-refractivity contribution in [1.82, 2.24) is 5.32 Å². The summed E-state index contributed by atoms with van der Waals surface area (Å²) in [4.78, 5) is 0. The molecule has 0 aliphatic rings. The molecule has 0 unspecified atom stereocenters. The summed E-state index contributed by atoms with van der Waals surface area (Å²) in [5.74, 6) is 1.29. The molecular weight excluding hydrogens is 281 g/mol. The Balaban J connectivity index is 1.86. The highest BCUT2D eigenvalue weighted by Gasteiger charge is 2.04. The molecule has 0 bridgehead atoms. The number of halogens is 1. The van der Waals surface area contributed by atoms with Gasteiger partial charge in [0.1, 0.15) is 5.82 Å². The van der Waals surface area contributed by atoms with Crippen molar-refractivity contribution in [1.29, 1.82) is 0 Å². The predicted molar refractivity (Wildman–Crippen MR) is 86.1 cm³/mol. The molecule has 2 rings (SSSR count). The zero-order valence-corrected chi connectivity index (χ0v) is 13.3. The van der Waals surface area contributed by atoms with E-state index in [1.165, 1.54) is 11.6 Å². The monoisotopic (exact) mass is 303 g/mol. The van der Waals surface area contributed by atoms with Crippen LogP contribution in [-0.4, -0.2) is 20.8 Å². The van der Waals surface area contributed by atoms with Crippen LogP contribution in [0.5, 0.6) is 11.5 Å². The van der Waals surface area contributed by atoms with Gasteiger partial charge < -0.3 is 14.8 Å². The van der Waals surface area contributed by atoms with Crippen molar-refractivity contribution in [3.8, 4) is 11.5 Å². The first-order chi connectivity index (χ1) is 10.6. The highest BCUT2D eigenvalue weighted by atomic mass is 19.1. The minimum Gasteiger partial charge on any atom is -0.493 e. The first-order valence-corrected chi connectivity index (χ1v) is 7.30. The number of nitrogens with one attached hydrogen (secondary N) is 1. The van der Waals surface area contributed by atoms with E-state index in [1.54, 1.807) is 20.3 Å². The number of aryl methyl sites for hydroxylation is 1. The molecule has 0 saturated carbocycles. The molecule has 118 valence electrons. The summed E-state index contributed by atoms with van der Waals surface area (Å²) in [5.41, 5.74) is 3.27. The molecule has 2 aromatic carbocycles. The maximum absolute atomic E-state index is 13.0. The number of hydrogen-bond acceptors (Lipinski definition) is 3. The van der Waals surface area contributed by atoms with E-state index >= 15 is 0 Å². The predicted octanol–water partition coefficient (Wildman–Crippen LogP) is 3.48. The summed E-state index contributed by atoms with van der Waals surface area (Å²) in [7, 11) is 3.27. The summed E-state index contributed by atoms with van der Waals surface area (Å²) in [6.45, 7) is 3.50. The first kappa shape index (κ1) is 16.3. The molecule has 0 aromatic heterocycles. The molecule has 0 spiro atoms. The van der Waals surface area contributed by atoms with Crippen molar-refractivity contribution in [3.05, 3.63) is 58.9 Å². The lowest BCUT2D eigenvalue weighted by Gasteiger charge is -2.11. The Labute approximate surface area is 131 Å². The highest BCUT2D eigenvalue weighted by molar-refractivity contribution is 5.42. The molecule has 1 N–H and O–H groups in total. The number of rotatable bonds is 7. The lowest BCUT2D eigenvalue weighted by atomic mass is 10.1. The second-order valence-corrected chi connectivity index (χ2v) is 5.19. The lowest BCUT2D eigenvalue weighted by Crippen LogP contribution is -2.17. The van der Waals surface area contributed by atoms with Crippen LogP contribution in [0.1, 0.15) is 16.7 Å². The molecule has 0 fully saturated rings. The van der Waals surface area contributed by atoms with Crippen molar-refractivity contribution in [3.63, 3.8) is 0 Å². The van der Waals surface area contributed by atoms with Gasteiger partial charge in [-0.05, 0) is 60.8 Å². The summed E-state index contributed by atoms with van der Waals surface area (Å²) in [5, 5.41) is 3.38. The summed E-state index contributed by atoms with van der Waals surface area (Å²) >= 11 is 0. The van der Waals surface area contributed by atoms with Crippen LogP contribution < -0.4 is 14.8 Å². The molecule has 0 radical (unpaired) electrons. The molecule has 0 aliphatic carbocycles. The van der Waals surface area contributed by atoms with Gasteiger partial charge in [0.05, 0.1) is 14.2 Å². The Morgan fingerprint density at radius 1 is 1.00 bits per heavy atom. The molecule has 4 heteroatoms. The summed E-state index contributed by atoms with van der Waals surface area (Å²) < 4.78 is 23.6. The number of benzene rings is 2. The van der Waals surface area contributed by atoms with Crippen LogP contribution in [0, 0.1) is 12.7 Å². The Morgan fingerprint density at radius 3 is 2.45 bits per heavy atom. The largest absolute Gasteiger partial charge is 0.493 e. The Bertz CT molecular complexity index is 628. The van der Waals surface area contributed by atoms with Gasteiger partial charge in [0.2, 0.25) is 0 Å². The van der Waals surface area contributed by atoms with E-state index in [-0.39, 0.29) is 5.82 Å². The minimum absolute atomic E-state index is 0.188. The van der Waals surface area contributed by atoms with Crippen molar-refractivity contribution in [2.45, 2.75) is 19.9 Å². The number of ether oxygens (including phenoxy) is 2. The second kappa shape index (κ2) is 7.80. The average molecular weight is 303 g/mol. The third kappa shape index (κ3) is 4.21. The maximum Gasteiger partial charge on any atom is 0.160 e. The molecule has 2 aromatic rings. The SMILES string of the molecule is COc1ccc(CCNCc2ccc(F)cc2C)cc1OC. The molecule has 3 nitrogen and oxygen atoms in total. The molecule has 22 heavy (non-hydrogen) atoms. The van der Waals surface area contributed by atoms with Gasteiger partial charge in [0.25, 0.3) is 0 Å². The Kier molecular flexibility index (Phi) is 5.78. The van der Waals surface area contributed by atoms with Crippen LogP contribution in [-0.2, 0) is 13.0 Å². The normalized spacial score (nSPS) is 10.5. The van der Waals surface area contributed by atoms with Gasteiger partial charge in [-0.3, -0.25) is 0 Å². The number of methoxy groups -OCH3 is 2. The summed E-state index contributed by atoms with van der Waals surface area (Å²) in [6, 6.07) is 10.8. The topological polar surface area (TPSA) is 30.5 Å². The first-order valence-electron chi connectivity index (χ1n) is 7.30. The second-order valence-electron chi connectivity index (χ2n) is 5.19. The van der Waals surface area contributed by atoms with E-state index in [1.807, 2.05) is 31.2 Å². The van der Waals surface area contributed by atoms with Gasteiger partial charge in [-0.2, -0.15) is 0 Å². The molecular formula is C18H22FNO2. The van der Waals surface area contributed by atoms with E-state index < -0.39 is 0 Å². The zero-order valence-electron chi connectivity index (χ0n) is 13.3. The lowest BCUT2D eigenvalue weighted by molar-refractivity contribution is 0.354. The molecule has 0 saturated heterocycles. The van der Waals surface area contributed by atoms with Gasteiger partial charge in [-0.1, -0.05) is 12.1 Å². The van der Waals surface area contributed by atoms with Crippen LogP contribution in [0.2, 0.25) is 0 Å². The summed E-state index contributed by atoms with van der Waals surface area (Å²) in [6.07, 6.45) is 0.889. The van der Waals surface area contributed by atoms with Crippen molar-refractivity contribution < 1.29 is 13.9 Å². The standard InChI is InChI=1S/C18H22FNO2/c1-13-10-16(19)6-5-15(13)12-20-9-8-14-4-7-17(21-2)18(11-14)22-3/h4-7,10-11,20H,8-9,12H2,1-3H3. The van der Waals surface area contributed by atoms with Gasteiger partial charge >= 0.3 is 0 Å². The van der Waals surface area contributed by atoms with Crippen LogP contribution in [0.15, 0.2) is 36.4 Å². The zero-order chi connectivity index (χ0) is 15.9. The molecule has 0 atom stereocenters. The van der Waals surface area contributed by atoms with Gasteiger partial charge in [0.15, 0.2) is 11.5 Å². The molecule has 0 amide bonds. The maximum atomic E-state index is 13.0. The minimum atomic E-state index is -0.188. The van der Waals surface area contributed by atoms with E-state index in [0.717, 1.165) is 42.1 Å². The van der Waals surface area contributed by atoms with Gasteiger partial charge in [-0.15, -0.1) is 0 Å². The molecule has 0 heterocycles. The van der Waals surface area contributed by atoms with E-state index in [2.05, 4.69) is 5.32 Å². The van der Waals surface area contributed by atoms with Crippen LogP contribution >= 0.6 is 0 Å². The quantitative estimate of drug-likeness (QED) is 0.794. The van der Waals surface area contributed by atoms with Crippen molar-refractivity contribution >= 4 is 0 Å². The van der Waals surface area contributed by atoms with Gasteiger partial charge in [-0.25, -0.2) is 4.39 Å². The number of hydrogen-bond donors (Lipinski definition) is 1. The average Bonchev–Trinajstić information content (AvgIpc) is 2.53. The smallest absolute Gasteiger partial charge is 0.160 e. The Morgan fingerprint density at radius 2 is 1.77 bits per heavy atom. The van der Waals surface area contributed by atoms with Crippen molar-refractivity contribution in [2.24, 2.45) is 0 Å². The fourth-order valence-corrected chi connectivity index (χ4v) is 2.35. The molecule has 0 aliphatic heterocycles. The fraction of sp³-hybridized carbons (Fsp3) is 0.333. The van der Waals surface area contributed by atoms with Crippen molar-refractivity contribution in [2.75, 3.05) is 20.8 Å². The van der Waals surface area contributed by atoms with Gasteiger partial charge in [0, 0.05) is 6.54 Å². The highest BCUT2D eigenvalue weighted by Crippen LogP contribution is 2.27. The van der Waals surface area contributed by atoms with Crippen LogP contribution in [0.3, 0.4) is 0 Å². The third-order valence-electron chi connectivity index (χ3n) is 3.66. The van der Waals surface area contributed by atoms with Crippen LogP contribution in [0.4, 0.5) is 4.39 Å². The van der Waals surface area contributed by atoms with Crippen LogP contribution in [0.25, 0.3) is 0 Å². The van der Waals surface area contributed by atoms with E-state index in [4.69, 9.17) is 9.47 Å². The fourth-order valence-electron chi connectivity index (χ4n) is 2.35. The Hall–Kier alpha value is -2.07. The van der Waals surface area contributed by atoms with E-state index in [0.29, 0.717) is 0 Å². The third-order valence-corrected chi connectivity index (χ3v) is 3.66. The van der Waals surface area contributed by atoms with E-state index in [9.17, 15) is 4.39 Å².